The summed E-state index contributed by atoms with van der Waals surface area (Å²) in [5.41, 5.74) is 1.96. The first-order valence-corrected chi connectivity index (χ1v) is 14.4. The Labute approximate surface area is 257 Å². The number of thioether (sulfide) groups is 1. The standard InChI is InChI=1S/C31H24Cl3N3O3S/c1-19(29(38)36-25-16-22(32)15-23(33)17-25)41-26-12-7-11-24(18-26)35-31(40)28(14-21-10-5-6-13-27(21)34)37-30(39)20-8-3-2-4-9-20/h2-19H,1H3,(H,35,40)(H,36,38)(H,37,39)/b28-14+. The lowest BCUT2D eigenvalue weighted by Crippen LogP contribution is -2.30. The smallest absolute Gasteiger partial charge is 0.272 e. The van der Waals surface area contributed by atoms with Gasteiger partial charge in [0.15, 0.2) is 0 Å². The summed E-state index contributed by atoms with van der Waals surface area (Å²) in [6.07, 6.45) is 1.52. The van der Waals surface area contributed by atoms with E-state index in [1.165, 1.54) is 17.8 Å². The first-order valence-electron chi connectivity index (χ1n) is 12.4. The zero-order valence-electron chi connectivity index (χ0n) is 21.7. The van der Waals surface area contributed by atoms with E-state index in [2.05, 4.69) is 16.0 Å². The monoisotopic (exact) mass is 623 g/mol. The molecule has 6 nitrogen and oxygen atoms in total. The van der Waals surface area contributed by atoms with Crippen LogP contribution in [0.25, 0.3) is 6.08 Å². The molecular formula is C31H24Cl3N3O3S. The van der Waals surface area contributed by atoms with Gasteiger partial charge in [0.1, 0.15) is 5.70 Å². The summed E-state index contributed by atoms with van der Waals surface area (Å²) in [6, 6.07) is 27.4. The summed E-state index contributed by atoms with van der Waals surface area (Å²) in [5, 5.41) is 9.12. The van der Waals surface area contributed by atoms with Gasteiger partial charge in [-0.1, -0.05) is 77.3 Å². The summed E-state index contributed by atoms with van der Waals surface area (Å²) in [5.74, 6) is -1.22. The zero-order chi connectivity index (χ0) is 29.4. The second kappa shape index (κ2) is 14.2. The highest BCUT2D eigenvalue weighted by atomic mass is 35.5. The lowest BCUT2D eigenvalue weighted by Gasteiger charge is -2.14. The zero-order valence-corrected chi connectivity index (χ0v) is 24.7. The second-order valence-corrected chi connectivity index (χ2v) is 11.5. The Morgan fingerprint density at radius 2 is 1.44 bits per heavy atom. The van der Waals surface area contributed by atoms with Gasteiger partial charge in [-0.05, 0) is 73.2 Å². The van der Waals surface area contributed by atoms with Gasteiger partial charge < -0.3 is 16.0 Å². The fourth-order valence-electron chi connectivity index (χ4n) is 3.66. The van der Waals surface area contributed by atoms with E-state index in [9.17, 15) is 14.4 Å². The van der Waals surface area contributed by atoms with Crippen molar-refractivity contribution in [3.8, 4) is 0 Å². The first-order chi connectivity index (χ1) is 19.7. The largest absolute Gasteiger partial charge is 0.325 e. The molecule has 4 aromatic carbocycles. The van der Waals surface area contributed by atoms with Crippen LogP contribution < -0.4 is 16.0 Å². The number of rotatable bonds is 9. The summed E-state index contributed by atoms with van der Waals surface area (Å²) < 4.78 is 0. The highest BCUT2D eigenvalue weighted by Gasteiger charge is 2.18. The van der Waals surface area contributed by atoms with E-state index in [-0.39, 0.29) is 11.6 Å². The van der Waals surface area contributed by atoms with E-state index in [0.29, 0.717) is 37.6 Å². The average molecular weight is 625 g/mol. The van der Waals surface area contributed by atoms with Crippen molar-refractivity contribution in [3.63, 3.8) is 0 Å². The molecule has 0 aliphatic heterocycles. The molecule has 4 rings (SSSR count). The lowest BCUT2D eigenvalue weighted by molar-refractivity contribution is -0.115. The molecule has 0 saturated heterocycles. The van der Waals surface area contributed by atoms with Crippen molar-refractivity contribution >= 4 is 81.7 Å². The summed E-state index contributed by atoms with van der Waals surface area (Å²) in [7, 11) is 0. The van der Waals surface area contributed by atoms with Crippen molar-refractivity contribution in [2.24, 2.45) is 0 Å². The van der Waals surface area contributed by atoms with E-state index in [4.69, 9.17) is 34.8 Å². The highest BCUT2D eigenvalue weighted by Crippen LogP contribution is 2.28. The van der Waals surface area contributed by atoms with Gasteiger partial charge >= 0.3 is 0 Å². The predicted octanol–water partition coefficient (Wildman–Crippen LogP) is 8.18. The number of hydrogen-bond donors (Lipinski definition) is 3. The van der Waals surface area contributed by atoms with Crippen molar-refractivity contribution in [1.82, 2.24) is 5.32 Å². The molecule has 3 N–H and O–H groups in total. The Morgan fingerprint density at radius 3 is 2.15 bits per heavy atom. The Hall–Kier alpha value is -3.75. The Bertz CT molecular complexity index is 1590. The van der Waals surface area contributed by atoms with Crippen molar-refractivity contribution in [2.75, 3.05) is 10.6 Å². The number of halogens is 3. The van der Waals surface area contributed by atoms with Crippen LogP contribution >= 0.6 is 46.6 Å². The normalized spacial score (nSPS) is 11.9. The topological polar surface area (TPSA) is 87.3 Å². The fourth-order valence-corrected chi connectivity index (χ4v) is 5.31. The number of benzene rings is 4. The van der Waals surface area contributed by atoms with Gasteiger partial charge in [-0.2, -0.15) is 0 Å². The predicted molar refractivity (Wildman–Crippen MR) is 169 cm³/mol. The molecule has 4 aromatic rings. The third-order valence-corrected chi connectivity index (χ3v) is 7.51. The maximum Gasteiger partial charge on any atom is 0.272 e. The Kier molecular flexibility index (Phi) is 10.5. The van der Waals surface area contributed by atoms with Crippen molar-refractivity contribution in [1.29, 1.82) is 0 Å². The van der Waals surface area contributed by atoms with Crippen molar-refractivity contribution in [2.45, 2.75) is 17.1 Å². The minimum Gasteiger partial charge on any atom is -0.325 e. The fraction of sp³-hybridized carbons (Fsp3) is 0.0645. The maximum absolute atomic E-state index is 13.4. The quantitative estimate of drug-likeness (QED) is 0.129. The van der Waals surface area contributed by atoms with Crippen LogP contribution in [-0.2, 0) is 9.59 Å². The summed E-state index contributed by atoms with van der Waals surface area (Å²) in [6.45, 7) is 1.76. The van der Waals surface area contributed by atoms with Gasteiger partial charge in [-0.15, -0.1) is 11.8 Å². The molecule has 10 heteroatoms. The van der Waals surface area contributed by atoms with Crippen LogP contribution in [0.3, 0.4) is 0 Å². The van der Waals surface area contributed by atoms with Crippen LogP contribution in [-0.4, -0.2) is 23.0 Å². The van der Waals surface area contributed by atoms with Crippen LogP contribution in [0.15, 0.2) is 108 Å². The molecule has 41 heavy (non-hydrogen) atoms. The number of hydrogen-bond acceptors (Lipinski definition) is 4. The van der Waals surface area contributed by atoms with Crippen LogP contribution in [0.2, 0.25) is 15.1 Å². The number of amides is 3. The van der Waals surface area contributed by atoms with Crippen molar-refractivity contribution < 1.29 is 14.4 Å². The molecule has 0 fully saturated rings. The van der Waals surface area contributed by atoms with E-state index < -0.39 is 17.1 Å². The summed E-state index contributed by atoms with van der Waals surface area (Å²) in [4.78, 5) is 39.8. The van der Waals surface area contributed by atoms with Crippen LogP contribution in [0, 0.1) is 0 Å². The van der Waals surface area contributed by atoms with Gasteiger partial charge in [0, 0.05) is 36.9 Å². The van der Waals surface area contributed by atoms with Crippen LogP contribution in [0.4, 0.5) is 11.4 Å². The van der Waals surface area contributed by atoms with Gasteiger partial charge in [-0.25, -0.2) is 0 Å². The lowest BCUT2D eigenvalue weighted by atomic mass is 10.1. The SMILES string of the molecule is CC(Sc1cccc(NC(=O)/C(=C\c2ccccc2Cl)NC(=O)c2ccccc2)c1)C(=O)Nc1cc(Cl)cc(Cl)c1. The third kappa shape index (κ3) is 8.87. The molecular weight excluding hydrogens is 601 g/mol. The Morgan fingerprint density at radius 1 is 0.756 bits per heavy atom. The van der Waals surface area contributed by atoms with Crippen molar-refractivity contribution in [3.05, 3.63) is 129 Å². The molecule has 1 unspecified atom stereocenters. The third-order valence-electron chi connectivity index (χ3n) is 5.64. The minimum absolute atomic E-state index is 0.0120. The first kappa shape index (κ1) is 30.2. The number of anilines is 2. The Balaban J connectivity index is 1.48. The minimum atomic E-state index is -0.542. The molecule has 0 spiro atoms. The summed E-state index contributed by atoms with van der Waals surface area (Å²) >= 11 is 19.7. The van der Waals surface area contributed by atoms with E-state index in [1.54, 1.807) is 97.9 Å². The van der Waals surface area contributed by atoms with Crippen LogP contribution in [0.1, 0.15) is 22.8 Å². The average Bonchev–Trinajstić information content (AvgIpc) is 2.93. The number of carbonyl (C=O) groups is 3. The van der Waals surface area contributed by atoms with Crippen LogP contribution in [0.5, 0.6) is 0 Å². The molecule has 208 valence electrons. The molecule has 3 amide bonds. The number of nitrogens with one attached hydrogen (secondary N) is 3. The van der Waals surface area contributed by atoms with Gasteiger partial charge in [0.2, 0.25) is 5.91 Å². The molecule has 0 aromatic heterocycles. The van der Waals surface area contributed by atoms with Gasteiger partial charge in [-0.3, -0.25) is 14.4 Å². The van der Waals surface area contributed by atoms with E-state index >= 15 is 0 Å². The maximum atomic E-state index is 13.4. The van der Waals surface area contributed by atoms with Gasteiger partial charge in [0.25, 0.3) is 11.8 Å². The van der Waals surface area contributed by atoms with E-state index in [1.807, 2.05) is 6.07 Å². The molecule has 0 radical (unpaired) electrons. The molecule has 0 bridgehead atoms. The highest BCUT2D eigenvalue weighted by molar-refractivity contribution is 8.00. The molecule has 0 heterocycles. The second-order valence-electron chi connectivity index (χ2n) is 8.79. The molecule has 0 aliphatic carbocycles. The molecule has 1 atom stereocenters. The van der Waals surface area contributed by atoms with Gasteiger partial charge in [0.05, 0.1) is 5.25 Å². The molecule has 0 saturated carbocycles. The molecule has 0 aliphatic rings. The number of carbonyl (C=O) groups excluding carboxylic acids is 3. The van der Waals surface area contributed by atoms with E-state index in [0.717, 1.165) is 4.90 Å².